The minimum absolute atomic E-state index is 0. The quantitative estimate of drug-likeness (QED) is 0.252. The Hall–Kier alpha value is -0.860. The Bertz CT molecular complexity index is 673. The van der Waals surface area contributed by atoms with E-state index < -0.39 is 0 Å². The lowest BCUT2D eigenvalue weighted by molar-refractivity contribution is 0.738. The van der Waals surface area contributed by atoms with Gasteiger partial charge in [-0.05, 0) is 30.4 Å². The van der Waals surface area contributed by atoms with Crippen LogP contribution < -0.4 is 10.6 Å². The molecule has 0 amide bonds. The number of benzene rings is 1. The highest BCUT2D eigenvalue weighted by molar-refractivity contribution is 14.0. The van der Waals surface area contributed by atoms with Crippen molar-refractivity contribution in [2.24, 2.45) is 4.99 Å². The van der Waals surface area contributed by atoms with Crippen LogP contribution >= 0.6 is 46.9 Å². The molecule has 0 unspecified atom stereocenters. The number of halogens is 2. The maximum absolute atomic E-state index is 6.17. The van der Waals surface area contributed by atoms with Crippen LogP contribution in [-0.2, 0) is 13.0 Å². The molecular weight excluding hydrogens is 467 g/mol. The standard InChI is InChI=1S/C18H25ClN4S.HI/c1-13(2)16-12-24-17(23-16)11-22-18(20-3)21-10-6-8-14-7-4-5-9-15(14)19;/h4-5,7,9,12-13H,6,8,10-11H2,1-3H3,(H2,20,21,22);1H. The normalized spacial score (nSPS) is 11.3. The predicted molar refractivity (Wildman–Crippen MR) is 120 cm³/mol. The summed E-state index contributed by atoms with van der Waals surface area (Å²) >= 11 is 7.86. The van der Waals surface area contributed by atoms with E-state index in [1.807, 2.05) is 18.2 Å². The molecular formula is C18H26ClIN4S. The Balaban J connectivity index is 0.00000312. The third kappa shape index (κ3) is 7.50. The Labute approximate surface area is 176 Å². The highest BCUT2D eigenvalue weighted by Crippen LogP contribution is 2.17. The summed E-state index contributed by atoms with van der Waals surface area (Å²) in [5, 5.41) is 10.7. The van der Waals surface area contributed by atoms with Crippen molar-refractivity contribution >= 4 is 52.9 Å². The molecule has 25 heavy (non-hydrogen) atoms. The number of thiazole rings is 1. The molecule has 7 heteroatoms. The third-order valence-electron chi connectivity index (χ3n) is 3.66. The van der Waals surface area contributed by atoms with Gasteiger partial charge in [-0.1, -0.05) is 43.6 Å². The van der Waals surface area contributed by atoms with Crippen LogP contribution in [0.1, 0.15) is 42.5 Å². The molecule has 1 heterocycles. The topological polar surface area (TPSA) is 49.3 Å². The van der Waals surface area contributed by atoms with Crippen LogP contribution in [0.5, 0.6) is 0 Å². The van der Waals surface area contributed by atoms with E-state index in [0.717, 1.165) is 41.1 Å². The number of aromatic nitrogens is 1. The number of rotatable bonds is 7. The molecule has 0 fully saturated rings. The number of nitrogens with one attached hydrogen (secondary N) is 2. The van der Waals surface area contributed by atoms with Gasteiger partial charge < -0.3 is 10.6 Å². The Morgan fingerprint density at radius 3 is 2.68 bits per heavy atom. The Morgan fingerprint density at radius 1 is 1.28 bits per heavy atom. The smallest absolute Gasteiger partial charge is 0.191 e. The summed E-state index contributed by atoms with van der Waals surface area (Å²) in [5.74, 6) is 1.27. The lowest BCUT2D eigenvalue weighted by Gasteiger charge is -2.11. The van der Waals surface area contributed by atoms with Crippen LogP contribution in [0, 0.1) is 0 Å². The molecule has 0 saturated heterocycles. The van der Waals surface area contributed by atoms with Crippen molar-refractivity contribution in [3.8, 4) is 0 Å². The molecule has 0 aliphatic carbocycles. The fourth-order valence-electron chi connectivity index (χ4n) is 2.24. The van der Waals surface area contributed by atoms with E-state index in [2.05, 4.69) is 45.9 Å². The van der Waals surface area contributed by atoms with Gasteiger partial charge in [0.25, 0.3) is 0 Å². The van der Waals surface area contributed by atoms with Gasteiger partial charge in [-0.15, -0.1) is 35.3 Å². The van der Waals surface area contributed by atoms with E-state index >= 15 is 0 Å². The molecule has 2 aromatic rings. The third-order valence-corrected chi connectivity index (χ3v) is 4.90. The first-order valence-electron chi connectivity index (χ1n) is 8.22. The van der Waals surface area contributed by atoms with Crippen molar-refractivity contribution < 1.29 is 0 Å². The van der Waals surface area contributed by atoms with Crippen molar-refractivity contribution in [3.63, 3.8) is 0 Å². The predicted octanol–water partition coefficient (Wildman–Crippen LogP) is 4.84. The fraction of sp³-hybridized carbons (Fsp3) is 0.444. The van der Waals surface area contributed by atoms with Gasteiger partial charge in [0, 0.05) is 24.0 Å². The second kappa shape index (κ2) is 11.7. The molecule has 1 aromatic heterocycles. The summed E-state index contributed by atoms with van der Waals surface area (Å²) in [6.45, 7) is 5.86. The number of aryl methyl sites for hydroxylation is 1. The van der Waals surface area contributed by atoms with Crippen molar-refractivity contribution in [1.82, 2.24) is 15.6 Å². The van der Waals surface area contributed by atoms with Gasteiger partial charge in [-0.2, -0.15) is 0 Å². The van der Waals surface area contributed by atoms with Gasteiger partial charge in [0.1, 0.15) is 5.01 Å². The zero-order valence-corrected chi connectivity index (χ0v) is 18.8. The monoisotopic (exact) mass is 492 g/mol. The minimum Gasteiger partial charge on any atom is -0.356 e. The zero-order chi connectivity index (χ0) is 17.4. The maximum atomic E-state index is 6.17. The first kappa shape index (κ1) is 22.2. The summed E-state index contributed by atoms with van der Waals surface area (Å²) in [7, 11) is 1.78. The molecule has 1 aromatic carbocycles. The SMILES string of the molecule is CN=C(NCCCc1ccccc1Cl)NCc1nc(C(C)C)cs1.I. The van der Waals surface area contributed by atoms with E-state index in [1.54, 1.807) is 18.4 Å². The number of guanidine groups is 1. The molecule has 0 atom stereocenters. The van der Waals surface area contributed by atoms with Gasteiger partial charge in [-0.25, -0.2) is 4.98 Å². The van der Waals surface area contributed by atoms with E-state index in [1.165, 1.54) is 5.56 Å². The summed E-state index contributed by atoms with van der Waals surface area (Å²) in [6.07, 6.45) is 1.95. The average Bonchev–Trinajstić information content (AvgIpc) is 3.05. The second-order valence-corrected chi connectivity index (χ2v) is 7.22. The van der Waals surface area contributed by atoms with Crippen LogP contribution in [0.4, 0.5) is 0 Å². The van der Waals surface area contributed by atoms with Gasteiger partial charge in [-0.3, -0.25) is 4.99 Å². The van der Waals surface area contributed by atoms with Gasteiger partial charge in [0.15, 0.2) is 5.96 Å². The molecule has 0 bridgehead atoms. The Morgan fingerprint density at radius 2 is 2.04 bits per heavy atom. The van der Waals surface area contributed by atoms with Gasteiger partial charge in [0.2, 0.25) is 0 Å². The van der Waals surface area contributed by atoms with Crippen molar-refractivity contribution in [3.05, 3.63) is 50.9 Å². The maximum Gasteiger partial charge on any atom is 0.191 e. The second-order valence-electron chi connectivity index (χ2n) is 5.87. The van der Waals surface area contributed by atoms with Gasteiger partial charge >= 0.3 is 0 Å². The van der Waals surface area contributed by atoms with E-state index in [9.17, 15) is 0 Å². The highest BCUT2D eigenvalue weighted by atomic mass is 127. The molecule has 138 valence electrons. The lowest BCUT2D eigenvalue weighted by atomic mass is 10.1. The van der Waals surface area contributed by atoms with Crippen LogP contribution in [0.3, 0.4) is 0 Å². The minimum atomic E-state index is 0. The molecule has 0 aliphatic heterocycles. The lowest BCUT2D eigenvalue weighted by Crippen LogP contribution is -2.37. The molecule has 2 N–H and O–H groups in total. The number of hydrogen-bond donors (Lipinski definition) is 2. The molecule has 0 aliphatic rings. The summed E-state index contributed by atoms with van der Waals surface area (Å²) in [4.78, 5) is 8.87. The summed E-state index contributed by atoms with van der Waals surface area (Å²) in [5.41, 5.74) is 2.34. The van der Waals surface area contributed by atoms with E-state index in [-0.39, 0.29) is 24.0 Å². The fourth-order valence-corrected chi connectivity index (χ4v) is 3.36. The van der Waals surface area contributed by atoms with Gasteiger partial charge in [0.05, 0.1) is 12.2 Å². The first-order chi connectivity index (χ1) is 11.6. The number of nitrogens with zero attached hydrogens (tertiary/aromatic N) is 2. The van der Waals surface area contributed by atoms with Crippen LogP contribution in [-0.4, -0.2) is 24.5 Å². The van der Waals surface area contributed by atoms with Crippen molar-refractivity contribution in [2.75, 3.05) is 13.6 Å². The van der Waals surface area contributed by atoms with Crippen LogP contribution in [0.15, 0.2) is 34.6 Å². The largest absolute Gasteiger partial charge is 0.356 e. The van der Waals surface area contributed by atoms with E-state index in [0.29, 0.717) is 12.5 Å². The molecule has 4 nitrogen and oxygen atoms in total. The van der Waals surface area contributed by atoms with Crippen molar-refractivity contribution in [2.45, 2.75) is 39.2 Å². The molecule has 2 rings (SSSR count). The van der Waals surface area contributed by atoms with Crippen LogP contribution in [0.2, 0.25) is 5.02 Å². The van der Waals surface area contributed by atoms with Crippen LogP contribution in [0.25, 0.3) is 0 Å². The summed E-state index contributed by atoms with van der Waals surface area (Å²) in [6, 6.07) is 7.99. The number of aliphatic imine (C=N–C) groups is 1. The average molecular weight is 493 g/mol. The van der Waals surface area contributed by atoms with E-state index in [4.69, 9.17) is 11.6 Å². The first-order valence-corrected chi connectivity index (χ1v) is 9.48. The van der Waals surface area contributed by atoms with Crippen molar-refractivity contribution in [1.29, 1.82) is 0 Å². The molecule has 0 saturated carbocycles. The highest BCUT2D eigenvalue weighted by Gasteiger charge is 2.06. The number of hydrogen-bond acceptors (Lipinski definition) is 3. The zero-order valence-electron chi connectivity index (χ0n) is 14.9. The Kier molecular flexibility index (Phi) is 10.4. The summed E-state index contributed by atoms with van der Waals surface area (Å²) < 4.78 is 0. The molecule has 0 radical (unpaired) electrons. The molecule has 0 spiro atoms.